The molecule has 3 aliphatic rings. The van der Waals surface area contributed by atoms with E-state index in [1.54, 1.807) is 0 Å². The maximum absolute atomic E-state index is 13.1. The molecule has 23 heavy (non-hydrogen) atoms. The molecule has 122 valence electrons. The van der Waals surface area contributed by atoms with Crippen molar-refractivity contribution in [2.75, 3.05) is 6.54 Å². The van der Waals surface area contributed by atoms with Crippen molar-refractivity contribution < 1.29 is 4.79 Å². The van der Waals surface area contributed by atoms with Crippen molar-refractivity contribution in [2.24, 2.45) is 13.0 Å². The molecule has 5 nitrogen and oxygen atoms in total. The Labute approximate surface area is 137 Å². The van der Waals surface area contributed by atoms with Crippen molar-refractivity contribution in [1.29, 1.82) is 5.26 Å². The van der Waals surface area contributed by atoms with Crippen molar-refractivity contribution in [3.05, 3.63) is 23.0 Å². The maximum Gasteiger partial charge on any atom is 0.244 e. The number of hydrogen-bond donors (Lipinski definition) is 1. The van der Waals surface area contributed by atoms with E-state index in [1.165, 1.54) is 12.8 Å². The molecule has 1 aromatic heterocycles. The van der Waals surface area contributed by atoms with Gasteiger partial charge in [-0.05, 0) is 44.6 Å². The Kier molecular flexibility index (Phi) is 3.28. The molecule has 1 saturated heterocycles. The minimum atomic E-state index is -0.353. The van der Waals surface area contributed by atoms with Crippen molar-refractivity contribution in [2.45, 2.75) is 57.2 Å². The first-order chi connectivity index (χ1) is 11.1. The van der Waals surface area contributed by atoms with Crippen molar-refractivity contribution in [3.8, 4) is 6.07 Å². The van der Waals surface area contributed by atoms with Gasteiger partial charge in [0, 0.05) is 24.8 Å². The predicted octanol–water partition coefficient (Wildman–Crippen LogP) is 2.36. The summed E-state index contributed by atoms with van der Waals surface area (Å²) < 4.78 is 1.93. The maximum atomic E-state index is 13.1. The Morgan fingerprint density at radius 2 is 2.09 bits per heavy atom. The van der Waals surface area contributed by atoms with Crippen LogP contribution in [0.5, 0.6) is 0 Å². The number of carbonyl (C=O) groups is 1. The predicted molar refractivity (Wildman–Crippen MR) is 86.4 cm³/mol. The molecule has 2 saturated carbocycles. The van der Waals surface area contributed by atoms with E-state index in [1.807, 2.05) is 24.6 Å². The number of carbonyl (C=O) groups excluding carboxylic acids is 1. The number of nitrogens with one attached hydrogen (secondary N) is 1. The van der Waals surface area contributed by atoms with Gasteiger partial charge < -0.3 is 9.47 Å². The number of amides is 1. The minimum absolute atomic E-state index is 0.0745. The third-order valence-electron chi connectivity index (χ3n) is 5.99. The van der Waals surface area contributed by atoms with E-state index in [0.29, 0.717) is 11.6 Å². The molecule has 1 spiro atoms. The molecule has 0 bridgehead atoms. The quantitative estimate of drug-likeness (QED) is 0.932. The van der Waals surface area contributed by atoms with Gasteiger partial charge in [0.25, 0.3) is 0 Å². The summed E-state index contributed by atoms with van der Waals surface area (Å²) in [6.07, 6.45) is 6.54. The van der Waals surface area contributed by atoms with Crippen LogP contribution in [0.2, 0.25) is 0 Å². The van der Waals surface area contributed by atoms with Crippen LogP contribution in [0.25, 0.3) is 0 Å². The summed E-state index contributed by atoms with van der Waals surface area (Å²) in [7, 11) is 1.92. The fourth-order valence-electron chi connectivity index (χ4n) is 4.25. The van der Waals surface area contributed by atoms with Crippen LogP contribution in [0.3, 0.4) is 0 Å². The lowest BCUT2D eigenvalue weighted by Crippen LogP contribution is -2.44. The summed E-state index contributed by atoms with van der Waals surface area (Å²) in [5, 5.41) is 13.0. The lowest BCUT2D eigenvalue weighted by Gasteiger charge is -2.24. The highest BCUT2D eigenvalue weighted by atomic mass is 16.2. The molecule has 1 amide bonds. The molecule has 5 heteroatoms. The topological polar surface area (TPSA) is 61.1 Å². The van der Waals surface area contributed by atoms with Gasteiger partial charge in [0.05, 0.1) is 5.54 Å². The Bertz CT molecular complexity index is 689. The molecular formula is C18H24N4O. The van der Waals surface area contributed by atoms with Gasteiger partial charge in [-0.3, -0.25) is 10.1 Å². The van der Waals surface area contributed by atoms with Gasteiger partial charge in [-0.1, -0.05) is 12.8 Å². The first-order valence-corrected chi connectivity index (χ1v) is 8.71. The second-order valence-electron chi connectivity index (χ2n) is 7.48. The smallest absolute Gasteiger partial charge is 0.244 e. The van der Waals surface area contributed by atoms with Gasteiger partial charge in [0.1, 0.15) is 17.9 Å². The van der Waals surface area contributed by atoms with Gasteiger partial charge in [-0.25, -0.2) is 0 Å². The average Bonchev–Trinajstić information content (AvgIpc) is 3.08. The lowest BCUT2D eigenvalue weighted by molar-refractivity contribution is -0.133. The second-order valence-corrected chi connectivity index (χ2v) is 7.48. The number of rotatable bonds is 3. The van der Waals surface area contributed by atoms with Crippen LogP contribution in [0, 0.1) is 24.2 Å². The van der Waals surface area contributed by atoms with Crippen LogP contribution in [0.1, 0.15) is 61.6 Å². The van der Waals surface area contributed by atoms with Crippen molar-refractivity contribution in [3.63, 3.8) is 0 Å². The van der Waals surface area contributed by atoms with E-state index in [9.17, 15) is 10.1 Å². The molecule has 3 fully saturated rings. The highest BCUT2D eigenvalue weighted by molar-refractivity contribution is 5.89. The number of nitriles is 1. The highest BCUT2D eigenvalue weighted by Crippen LogP contribution is 2.44. The first-order valence-electron chi connectivity index (χ1n) is 8.71. The summed E-state index contributed by atoms with van der Waals surface area (Å²) in [6, 6.07) is 4.20. The van der Waals surface area contributed by atoms with E-state index in [-0.39, 0.29) is 17.6 Å². The molecule has 1 atom stereocenters. The molecule has 1 aromatic rings. The summed E-state index contributed by atoms with van der Waals surface area (Å²) in [4.78, 5) is 15.2. The Hall–Kier alpha value is -1.80. The Balaban J connectivity index is 1.73. The van der Waals surface area contributed by atoms with Gasteiger partial charge in [-0.15, -0.1) is 0 Å². The van der Waals surface area contributed by atoms with Gasteiger partial charge in [0.15, 0.2) is 0 Å². The summed E-state index contributed by atoms with van der Waals surface area (Å²) in [6.45, 7) is 2.89. The lowest BCUT2D eigenvalue weighted by atomic mass is 9.98. The molecule has 4 rings (SSSR count). The summed E-state index contributed by atoms with van der Waals surface area (Å²) in [5.74, 6) is 0.952. The largest absolute Gasteiger partial charge is 0.340 e. The Morgan fingerprint density at radius 1 is 1.39 bits per heavy atom. The zero-order valence-corrected chi connectivity index (χ0v) is 13.9. The fraction of sp³-hybridized carbons (Fsp3) is 0.667. The van der Waals surface area contributed by atoms with Gasteiger partial charge in [-0.2, -0.15) is 5.26 Å². The van der Waals surface area contributed by atoms with Crippen LogP contribution < -0.4 is 5.32 Å². The summed E-state index contributed by atoms with van der Waals surface area (Å²) in [5.41, 5.74) is 2.46. The molecule has 2 aliphatic carbocycles. The standard InChI is InChI=1S/C18H24N4O/c1-12-15(9-14(10-19)21(12)2)16-20-18(7-3-4-8-18)17(23)22(16)11-13-5-6-13/h9,13,16,20H,3-8,11H2,1-2H3/t16-/m1/s1. The van der Waals surface area contributed by atoms with E-state index in [2.05, 4.69) is 16.3 Å². The number of aromatic nitrogens is 1. The van der Waals surface area contributed by atoms with Crippen LogP contribution in [-0.2, 0) is 11.8 Å². The monoisotopic (exact) mass is 312 g/mol. The third-order valence-corrected chi connectivity index (χ3v) is 5.99. The molecular weight excluding hydrogens is 288 g/mol. The van der Waals surface area contributed by atoms with E-state index >= 15 is 0 Å². The normalized spacial score (nSPS) is 26.2. The second kappa shape index (κ2) is 5.10. The van der Waals surface area contributed by atoms with Crippen LogP contribution in [0.15, 0.2) is 6.07 Å². The van der Waals surface area contributed by atoms with Crippen LogP contribution in [0.4, 0.5) is 0 Å². The minimum Gasteiger partial charge on any atom is -0.340 e. The van der Waals surface area contributed by atoms with Crippen LogP contribution in [-0.4, -0.2) is 27.5 Å². The molecule has 0 aromatic carbocycles. The zero-order chi connectivity index (χ0) is 16.2. The molecule has 0 unspecified atom stereocenters. The van der Waals surface area contributed by atoms with Crippen LogP contribution >= 0.6 is 0 Å². The van der Waals surface area contributed by atoms with Gasteiger partial charge >= 0.3 is 0 Å². The first kappa shape index (κ1) is 14.8. The molecule has 2 heterocycles. The average molecular weight is 312 g/mol. The molecule has 0 radical (unpaired) electrons. The number of hydrogen-bond acceptors (Lipinski definition) is 3. The zero-order valence-electron chi connectivity index (χ0n) is 13.9. The van der Waals surface area contributed by atoms with E-state index < -0.39 is 0 Å². The molecule has 1 aliphatic heterocycles. The fourth-order valence-corrected chi connectivity index (χ4v) is 4.25. The van der Waals surface area contributed by atoms with E-state index in [0.717, 1.165) is 43.5 Å². The number of nitrogens with zero attached hydrogens (tertiary/aromatic N) is 3. The van der Waals surface area contributed by atoms with Crippen molar-refractivity contribution >= 4 is 5.91 Å². The molecule has 1 N–H and O–H groups in total. The van der Waals surface area contributed by atoms with Gasteiger partial charge in [0.2, 0.25) is 5.91 Å². The Morgan fingerprint density at radius 3 is 2.65 bits per heavy atom. The summed E-state index contributed by atoms with van der Waals surface area (Å²) >= 11 is 0. The highest BCUT2D eigenvalue weighted by Gasteiger charge is 2.53. The van der Waals surface area contributed by atoms with E-state index in [4.69, 9.17) is 0 Å². The SMILES string of the molecule is Cc1c([C@@H]2NC3(CCCC3)C(=O)N2CC2CC2)cc(C#N)n1C. The van der Waals surface area contributed by atoms with Crippen molar-refractivity contribution in [1.82, 2.24) is 14.8 Å². The third kappa shape index (κ3) is 2.20.